The van der Waals surface area contributed by atoms with Crippen LogP contribution in [0.3, 0.4) is 0 Å². The molecule has 4 nitrogen and oxygen atoms in total. The fraction of sp³-hybridized carbons (Fsp3) is 0.571. The third-order valence-electron chi connectivity index (χ3n) is 3.58. The van der Waals surface area contributed by atoms with Gasteiger partial charge in [-0.25, -0.2) is 0 Å². The van der Waals surface area contributed by atoms with Crippen molar-refractivity contribution in [2.75, 3.05) is 18.5 Å². The third kappa shape index (κ3) is 2.38. The second kappa shape index (κ2) is 5.06. The van der Waals surface area contributed by atoms with Gasteiger partial charge in [0.05, 0.1) is 25.4 Å². The zero-order chi connectivity index (χ0) is 12.4. The zero-order valence-electron chi connectivity index (χ0n) is 10.4. The number of anilines is 1. The number of fused-ring (bicyclic) bond motifs is 1. The maximum Gasteiger partial charge on any atom is 0.163 e. The summed E-state index contributed by atoms with van der Waals surface area (Å²) in [5.41, 5.74) is 0.991. The summed E-state index contributed by atoms with van der Waals surface area (Å²) in [6.07, 6.45) is 3.68. The van der Waals surface area contributed by atoms with E-state index in [9.17, 15) is 5.11 Å². The molecule has 1 aliphatic carbocycles. The molecule has 1 saturated carbocycles. The molecule has 1 aromatic carbocycles. The van der Waals surface area contributed by atoms with E-state index in [-0.39, 0.29) is 12.1 Å². The monoisotopic (exact) mass is 249 g/mol. The van der Waals surface area contributed by atoms with Gasteiger partial charge < -0.3 is 19.9 Å². The van der Waals surface area contributed by atoms with E-state index in [1.54, 1.807) is 0 Å². The van der Waals surface area contributed by atoms with Crippen LogP contribution in [0, 0.1) is 0 Å². The lowest BCUT2D eigenvalue weighted by atomic mass is 10.2. The molecule has 98 valence electrons. The predicted molar refractivity (Wildman–Crippen MR) is 69.3 cm³/mol. The Kier molecular flexibility index (Phi) is 3.28. The van der Waals surface area contributed by atoms with E-state index < -0.39 is 0 Å². The Bertz CT molecular complexity index is 422. The lowest BCUT2D eigenvalue weighted by Crippen LogP contribution is -2.27. The second-order valence-electron chi connectivity index (χ2n) is 4.96. The van der Waals surface area contributed by atoms with Gasteiger partial charge in [-0.2, -0.15) is 0 Å². The summed E-state index contributed by atoms with van der Waals surface area (Å²) in [7, 11) is 0. The zero-order valence-corrected chi connectivity index (χ0v) is 10.4. The Morgan fingerprint density at radius 2 is 1.89 bits per heavy atom. The van der Waals surface area contributed by atoms with Gasteiger partial charge >= 0.3 is 0 Å². The number of aliphatic hydroxyl groups is 1. The molecular formula is C14H19NO3. The van der Waals surface area contributed by atoms with Crippen molar-refractivity contribution in [1.82, 2.24) is 0 Å². The third-order valence-corrected chi connectivity index (χ3v) is 3.58. The summed E-state index contributed by atoms with van der Waals surface area (Å²) < 4.78 is 11.2. The quantitative estimate of drug-likeness (QED) is 0.843. The number of hydrogen-bond acceptors (Lipinski definition) is 4. The number of hydrogen-bond donors (Lipinski definition) is 2. The standard InChI is InChI=1S/C14H19NO3/c16-12-4-1-3-11(12)15-10-5-6-13-14(9-10)18-8-2-7-17-13/h5-6,9,11-12,15-16H,1-4,7-8H2. The maximum atomic E-state index is 9.82. The van der Waals surface area contributed by atoms with E-state index in [1.165, 1.54) is 0 Å². The molecule has 2 atom stereocenters. The molecule has 0 aromatic heterocycles. The molecule has 1 aliphatic heterocycles. The first-order valence-electron chi connectivity index (χ1n) is 6.67. The van der Waals surface area contributed by atoms with E-state index in [0.29, 0.717) is 13.2 Å². The van der Waals surface area contributed by atoms with Crippen LogP contribution in [0.2, 0.25) is 0 Å². The highest BCUT2D eigenvalue weighted by Crippen LogP contribution is 2.33. The average Bonchev–Trinajstić information content (AvgIpc) is 2.65. The largest absolute Gasteiger partial charge is 0.490 e. The van der Waals surface area contributed by atoms with Crippen LogP contribution in [0.4, 0.5) is 5.69 Å². The van der Waals surface area contributed by atoms with Crippen molar-refractivity contribution in [3.63, 3.8) is 0 Å². The van der Waals surface area contributed by atoms with Gasteiger partial charge in [-0.3, -0.25) is 0 Å². The normalized spacial score (nSPS) is 26.7. The fourth-order valence-corrected chi connectivity index (χ4v) is 2.58. The molecule has 0 saturated heterocycles. The molecule has 3 rings (SSSR count). The van der Waals surface area contributed by atoms with Crippen LogP contribution in [0.15, 0.2) is 18.2 Å². The highest BCUT2D eigenvalue weighted by Gasteiger charge is 2.25. The van der Waals surface area contributed by atoms with Crippen LogP contribution < -0.4 is 14.8 Å². The topological polar surface area (TPSA) is 50.7 Å². The van der Waals surface area contributed by atoms with Gasteiger partial charge in [0.1, 0.15) is 0 Å². The Hall–Kier alpha value is -1.42. The summed E-state index contributed by atoms with van der Waals surface area (Å²) in [6, 6.07) is 6.05. The first-order chi connectivity index (χ1) is 8.83. The van der Waals surface area contributed by atoms with Gasteiger partial charge in [-0.05, 0) is 31.4 Å². The van der Waals surface area contributed by atoms with Crippen molar-refractivity contribution in [1.29, 1.82) is 0 Å². The molecule has 0 radical (unpaired) electrons. The lowest BCUT2D eigenvalue weighted by molar-refractivity contribution is 0.172. The molecule has 0 bridgehead atoms. The van der Waals surface area contributed by atoms with Gasteiger partial charge in [0.2, 0.25) is 0 Å². The smallest absolute Gasteiger partial charge is 0.163 e. The van der Waals surface area contributed by atoms with Crippen LogP contribution >= 0.6 is 0 Å². The second-order valence-corrected chi connectivity index (χ2v) is 4.96. The van der Waals surface area contributed by atoms with Crippen molar-refractivity contribution in [3.8, 4) is 11.5 Å². The van der Waals surface area contributed by atoms with Gasteiger partial charge in [0.25, 0.3) is 0 Å². The molecular weight excluding hydrogens is 230 g/mol. The SMILES string of the molecule is OC1CCCC1Nc1ccc2c(c1)OCCCO2. The summed E-state index contributed by atoms with van der Waals surface area (Å²) in [5, 5.41) is 13.2. The molecule has 2 N–H and O–H groups in total. The van der Waals surface area contributed by atoms with Crippen molar-refractivity contribution in [3.05, 3.63) is 18.2 Å². The van der Waals surface area contributed by atoms with E-state index in [1.807, 2.05) is 18.2 Å². The van der Waals surface area contributed by atoms with Crippen LogP contribution in [-0.2, 0) is 0 Å². The first kappa shape index (κ1) is 11.7. The number of ether oxygens (including phenoxy) is 2. The van der Waals surface area contributed by atoms with E-state index >= 15 is 0 Å². The number of aliphatic hydroxyl groups excluding tert-OH is 1. The van der Waals surface area contributed by atoms with Crippen LogP contribution in [-0.4, -0.2) is 30.5 Å². The van der Waals surface area contributed by atoms with E-state index in [4.69, 9.17) is 9.47 Å². The minimum absolute atomic E-state index is 0.162. The van der Waals surface area contributed by atoms with Gasteiger partial charge in [0.15, 0.2) is 11.5 Å². The lowest BCUT2D eigenvalue weighted by Gasteiger charge is -2.18. The van der Waals surface area contributed by atoms with Crippen molar-refractivity contribution in [2.24, 2.45) is 0 Å². The molecule has 4 heteroatoms. The molecule has 0 amide bonds. The van der Waals surface area contributed by atoms with Crippen molar-refractivity contribution >= 4 is 5.69 Å². The number of nitrogens with one attached hydrogen (secondary N) is 1. The van der Waals surface area contributed by atoms with E-state index in [2.05, 4.69) is 5.32 Å². The first-order valence-corrected chi connectivity index (χ1v) is 6.67. The summed E-state index contributed by atoms with van der Waals surface area (Å²) in [4.78, 5) is 0. The Balaban J connectivity index is 1.75. The highest BCUT2D eigenvalue weighted by molar-refractivity contribution is 5.55. The number of benzene rings is 1. The summed E-state index contributed by atoms with van der Waals surface area (Å²) in [5.74, 6) is 1.61. The fourth-order valence-electron chi connectivity index (χ4n) is 2.58. The summed E-state index contributed by atoms with van der Waals surface area (Å²) in [6.45, 7) is 1.41. The Morgan fingerprint density at radius 1 is 1.06 bits per heavy atom. The van der Waals surface area contributed by atoms with Crippen LogP contribution in [0.25, 0.3) is 0 Å². The minimum Gasteiger partial charge on any atom is -0.490 e. The number of rotatable bonds is 2. The van der Waals surface area contributed by atoms with Crippen LogP contribution in [0.1, 0.15) is 25.7 Å². The molecule has 0 spiro atoms. The maximum absolute atomic E-state index is 9.82. The van der Waals surface area contributed by atoms with Gasteiger partial charge in [-0.1, -0.05) is 0 Å². The molecule has 2 unspecified atom stereocenters. The summed E-state index contributed by atoms with van der Waals surface area (Å²) >= 11 is 0. The molecule has 1 fully saturated rings. The van der Waals surface area contributed by atoms with Gasteiger partial charge in [-0.15, -0.1) is 0 Å². The Morgan fingerprint density at radius 3 is 2.67 bits per heavy atom. The van der Waals surface area contributed by atoms with Crippen molar-refractivity contribution < 1.29 is 14.6 Å². The molecule has 2 aliphatic rings. The highest BCUT2D eigenvalue weighted by atomic mass is 16.5. The van der Waals surface area contributed by atoms with Crippen LogP contribution in [0.5, 0.6) is 11.5 Å². The van der Waals surface area contributed by atoms with E-state index in [0.717, 1.165) is 42.9 Å². The Labute approximate surface area is 107 Å². The molecule has 1 aromatic rings. The molecule has 1 heterocycles. The molecule has 18 heavy (non-hydrogen) atoms. The predicted octanol–water partition coefficient (Wildman–Crippen LogP) is 2.17. The average molecular weight is 249 g/mol. The van der Waals surface area contributed by atoms with Crippen molar-refractivity contribution in [2.45, 2.75) is 37.8 Å². The van der Waals surface area contributed by atoms with Gasteiger partial charge in [0, 0.05) is 18.2 Å². The minimum atomic E-state index is -0.235.